The Hall–Kier alpha value is -7.42. The molecule has 1 spiro atoms. The van der Waals surface area contributed by atoms with Gasteiger partial charge in [0.1, 0.15) is 11.2 Å². The van der Waals surface area contributed by atoms with Crippen LogP contribution < -0.4 is 4.90 Å². The second kappa shape index (κ2) is 14.0. The van der Waals surface area contributed by atoms with E-state index in [4.69, 9.17) is 4.42 Å². The third kappa shape index (κ3) is 5.30. The lowest BCUT2D eigenvalue weighted by atomic mass is 9.67. The molecule has 0 saturated heterocycles. The lowest BCUT2D eigenvalue weighted by Gasteiger charge is -2.37. The minimum absolute atomic E-state index is 0.0908. The molecule has 10 aromatic rings. The summed E-state index contributed by atoms with van der Waals surface area (Å²) in [6.45, 7) is 4.77. The number of rotatable bonds is 6. The summed E-state index contributed by atoms with van der Waals surface area (Å²) >= 11 is 0. The molecule has 0 amide bonds. The van der Waals surface area contributed by atoms with E-state index < -0.39 is 0 Å². The van der Waals surface area contributed by atoms with Crippen LogP contribution in [0, 0.1) is 11.8 Å². The van der Waals surface area contributed by atoms with Gasteiger partial charge in [-0.05, 0) is 158 Å². The molecule has 3 atom stereocenters. The standard InChI is InChI=1S/C64H49NO/c1-63(2)56-21-8-5-16-51(56)54-20-11-19-53(62(54)63)49-14-4-3-13-47(49)41-26-31-44(32-27-41)65(45-33-28-42(29-34-45)48-18-12-24-60-61(48)55-17-7-10-23-59(55)66-60)46-35-36-52-50-15-6-9-22-57(50)64(58(52)38-46)39-40-25-30-43(64)37-40/h3-24,26-29,31-36,38,40,43H,25,30,37,39H2,1-2H3. The number of anilines is 3. The molecule has 4 aliphatic rings. The van der Waals surface area contributed by atoms with Crippen LogP contribution in [0.4, 0.5) is 17.1 Å². The third-order valence-electron chi connectivity index (χ3n) is 16.4. The van der Waals surface area contributed by atoms with Gasteiger partial charge in [-0.15, -0.1) is 0 Å². The molecule has 9 aromatic carbocycles. The molecule has 2 bridgehead atoms. The number of para-hydroxylation sites is 1. The van der Waals surface area contributed by atoms with Crippen molar-refractivity contribution >= 4 is 39.0 Å². The number of hydrogen-bond donors (Lipinski definition) is 0. The molecule has 2 fully saturated rings. The number of fused-ring (bicyclic) bond motifs is 14. The molecular weight excluding hydrogens is 799 g/mol. The zero-order valence-corrected chi connectivity index (χ0v) is 37.4. The van der Waals surface area contributed by atoms with Crippen molar-refractivity contribution in [3.8, 4) is 55.6 Å². The van der Waals surface area contributed by atoms with Crippen molar-refractivity contribution in [2.75, 3.05) is 4.90 Å². The zero-order valence-electron chi connectivity index (χ0n) is 37.4. The summed E-state index contributed by atoms with van der Waals surface area (Å²) in [6, 6.07) is 74.8. The van der Waals surface area contributed by atoms with Gasteiger partial charge in [0.15, 0.2) is 0 Å². The third-order valence-corrected chi connectivity index (χ3v) is 16.4. The average Bonchev–Trinajstić information content (AvgIpc) is 4.19. The highest BCUT2D eigenvalue weighted by Gasteiger charge is 2.56. The maximum absolute atomic E-state index is 6.32. The zero-order chi connectivity index (χ0) is 43.7. The second-order valence-corrected chi connectivity index (χ2v) is 20.0. The van der Waals surface area contributed by atoms with E-state index in [2.05, 4.69) is 213 Å². The largest absolute Gasteiger partial charge is 0.456 e. The monoisotopic (exact) mass is 847 g/mol. The van der Waals surface area contributed by atoms with Gasteiger partial charge in [0.2, 0.25) is 0 Å². The van der Waals surface area contributed by atoms with Crippen LogP contribution in [-0.2, 0) is 10.8 Å². The van der Waals surface area contributed by atoms with Crippen molar-refractivity contribution in [1.29, 1.82) is 0 Å². The fourth-order valence-electron chi connectivity index (χ4n) is 13.6. The Morgan fingerprint density at radius 1 is 0.439 bits per heavy atom. The summed E-state index contributed by atoms with van der Waals surface area (Å²) in [5, 5.41) is 2.31. The van der Waals surface area contributed by atoms with E-state index in [-0.39, 0.29) is 10.8 Å². The molecule has 1 heterocycles. The van der Waals surface area contributed by atoms with E-state index in [0.717, 1.165) is 39.2 Å². The first-order valence-electron chi connectivity index (χ1n) is 23.9. The molecular formula is C64H49NO. The highest BCUT2D eigenvalue weighted by Crippen LogP contribution is 2.66. The fraction of sp³-hybridized carbons (Fsp3) is 0.156. The van der Waals surface area contributed by atoms with Crippen LogP contribution >= 0.6 is 0 Å². The average molecular weight is 848 g/mol. The summed E-state index contributed by atoms with van der Waals surface area (Å²) in [5.41, 5.74) is 24.1. The molecule has 2 heteroatoms. The van der Waals surface area contributed by atoms with Crippen molar-refractivity contribution < 1.29 is 4.42 Å². The Morgan fingerprint density at radius 2 is 0.985 bits per heavy atom. The van der Waals surface area contributed by atoms with E-state index in [1.165, 1.54) is 104 Å². The van der Waals surface area contributed by atoms with Crippen LogP contribution in [-0.4, -0.2) is 0 Å². The maximum Gasteiger partial charge on any atom is 0.136 e. The molecule has 2 saturated carbocycles. The van der Waals surface area contributed by atoms with Crippen molar-refractivity contribution in [3.05, 3.63) is 222 Å². The minimum atomic E-state index is -0.109. The summed E-state index contributed by atoms with van der Waals surface area (Å²) in [5.74, 6) is 1.51. The Balaban J connectivity index is 0.901. The van der Waals surface area contributed by atoms with Gasteiger partial charge >= 0.3 is 0 Å². The summed E-state index contributed by atoms with van der Waals surface area (Å²) in [6.07, 6.45) is 5.31. The van der Waals surface area contributed by atoms with Gasteiger partial charge in [-0.3, -0.25) is 0 Å². The summed E-state index contributed by atoms with van der Waals surface area (Å²) in [7, 11) is 0. The number of benzene rings is 9. The van der Waals surface area contributed by atoms with Crippen molar-refractivity contribution in [3.63, 3.8) is 0 Å². The normalized spacial score (nSPS) is 19.3. The van der Waals surface area contributed by atoms with E-state index >= 15 is 0 Å². The fourth-order valence-corrected chi connectivity index (χ4v) is 13.6. The minimum Gasteiger partial charge on any atom is -0.456 e. The first-order valence-corrected chi connectivity index (χ1v) is 23.9. The van der Waals surface area contributed by atoms with Gasteiger partial charge in [-0.2, -0.15) is 0 Å². The van der Waals surface area contributed by atoms with Crippen LogP contribution in [0.3, 0.4) is 0 Å². The van der Waals surface area contributed by atoms with Gasteiger partial charge in [0.05, 0.1) is 0 Å². The van der Waals surface area contributed by atoms with E-state index in [1.54, 1.807) is 5.56 Å². The predicted molar refractivity (Wildman–Crippen MR) is 274 cm³/mol. The molecule has 316 valence electrons. The topological polar surface area (TPSA) is 16.4 Å². The van der Waals surface area contributed by atoms with Crippen LogP contribution in [0.1, 0.15) is 61.8 Å². The van der Waals surface area contributed by atoms with Gasteiger partial charge in [-0.1, -0.05) is 172 Å². The smallest absolute Gasteiger partial charge is 0.136 e. The Morgan fingerprint density at radius 3 is 1.71 bits per heavy atom. The van der Waals surface area contributed by atoms with E-state index in [9.17, 15) is 0 Å². The van der Waals surface area contributed by atoms with Gasteiger partial charge in [0.25, 0.3) is 0 Å². The van der Waals surface area contributed by atoms with Gasteiger partial charge in [0, 0.05) is 38.7 Å². The molecule has 14 rings (SSSR count). The first-order chi connectivity index (χ1) is 32.5. The lowest BCUT2D eigenvalue weighted by Crippen LogP contribution is -2.32. The van der Waals surface area contributed by atoms with Crippen molar-refractivity contribution in [2.45, 2.75) is 50.4 Å². The van der Waals surface area contributed by atoms with Crippen LogP contribution in [0.15, 0.2) is 205 Å². The molecule has 1 aromatic heterocycles. The number of hydrogen-bond acceptors (Lipinski definition) is 2. The van der Waals surface area contributed by atoms with Crippen molar-refractivity contribution in [1.82, 2.24) is 0 Å². The SMILES string of the molecule is CC1(C)c2ccccc2-c2cccc(-c3ccccc3-c3ccc(N(c4ccc(-c5cccc6oc7ccccc7c56)cc4)c4ccc5c(c4)C4(CC6CCC4C6)c4ccccc4-5)cc3)c21. The summed E-state index contributed by atoms with van der Waals surface area (Å²) < 4.78 is 6.32. The Labute approximate surface area is 386 Å². The van der Waals surface area contributed by atoms with E-state index in [1.807, 2.05) is 6.07 Å². The van der Waals surface area contributed by atoms with Crippen molar-refractivity contribution in [2.24, 2.45) is 11.8 Å². The lowest BCUT2D eigenvalue weighted by molar-refractivity contribution is 0.327. The maximum atomic E-state index is 6.32. The molecule has 0 N–H and O–H groups in total. The van der Waals surface area contributed by atoms with Crippen LogP contribution in [0.5, 0.6) is 0 Å². The van der Waals surface area contributed by atoms with E-state index in [0.29, 0.717) is 5.92 Å². The highest BCUT2D eigenvalue weighted by atomic mass is 16.3. The molecule has 0 radical (unpaired) electrons. The van der Waals surface area contributed by atoms with Crippen LogP contribution in [0.25, 0.3) is 77.6 Å². The molecule has 2 nitrogen and oxygen atoms in total. The number of furan rings is 1. The molecule has 3 unspecified atom stereocenters. The number of nitrogens with zero attached hydrogens (tertiary/aromatic N) is 1. The molecule has 66 heavy (non-hydrogen) atoms. The Kier molecular flexibility index (Phi) is 8.06. The van der Waals surface area contributed by atoms with Gasteiger partial charge in [-0.25, -0.2) is 0 Å². The van der Waals surface area contributed by atoms with Crippen LogP contribution in [0.2, 0.25) is 0 Å². The second-order valence-electron chi connectivity index (χ2n) is 20.0. The molecule has 4 aliphatic carbocycles. The predicted octanol–water partition coefficient (Wildman–Crippen LogP) is 17.4. The Bertz CT molecular complexity index is 3590. The first kappa shape index (κ1) is 37.9. The summed E-state index contributed by atoms with van der Waals surface area (Å²) in [4.78, 5) is 2.49. The highest BCUT2D eigenvalue weighted by molar-refractivity contribution is 6.12. The quantitative estimate of drug-likeness (QED) is 0.166. The molecule has 0 aliphatic heterocycles. The van der Waals surface area contributed by atoms with Gasteiger partial charge < -0.3 is 9.32 Å².